The van der Waals surface area contributed by atoms with E-state index in [9.17, 15) is 4.79 Å². The summed E-state index contributed by atoms with van der Waals surface area (Å²) in [5.41, 5.74) is 2.66. The Balaban J connectivity index is 2.12. The first-order valence-electron chi connectivity index (χ1n) is 7.03. The van der Waals surface area contributed by atoms with Crippen molar-refractivity contribution in [3.8, 4) is 0 Å². The Kier molecular flexibility index (Phi) is 3.48. The molecule has 3 aromatic rings. The largest absolute Gasteiger partial charge is 0.463 e. The van der Waals surface area contributed by atoms with Crippen molar-refractivity contribution >= 4 is 27.8 Å². The molecule has 0 bridgehead atoms. The molecule has 1 aromatic heterocycles. The number of benzene rings is 2. The first kappa shape index (κ1) is 13.4. The van der Waals surface area contributed by atoms with Crippen LogP contribution in [0.2, 0.25) is 0 Å². The molecule has 3 rings (SSSR count). The zero-order valence-corrected chi connectivity index (χ0v) is 12.0. The summed E-state index contributed by atoms with van der Waals surface area (Å²) in [7, 11) is 0. The molecule has 0 saturated heterocycles. The zero-order chi connectivity index (χ0) is 14.8. The number of carbonyl (C=O) groups is 1. The van der Waals surface area contributed by atoms with Gasteiger partial charge in [0, 0.05) is 27.4 Å². The summed E-state index contributed by atoms with van der Waals surface area (Å²) < 4.78 is 7.14. The molecule has 0 radical (unpaired) electrons. The van der Waals surface area contributed by atoms with E-state index < -0.39 is 0 Å². The second-order valence-corrected chi connectivity index (χ2v) is 4.94. The zero-order valence-electron chi connectivity index (χ0n) is 12.0. The smallest absolute Gasteiger partial charge is 0.335 e. The maximum Gasteiger partial charge on any atom is 0.335 e. The Labute approximate surface area is 123 Å². The first-order valence-corrected chi connectivity index (χ1v) is 7.03. The fourth-order valence-electron chi connectivity index (χ4n) is 2.66. The highest BCUT2D eigenvalue weighted by atomic mass is 16.5. The van der Waals surface area contributed by atoms with Gasteiger partial charge in [-0.3, -0.25) is 0 Å². The lowest BCUT2D eigenvalue weighted by molar-refractivity contribution is -0.138. The van der Waals surface area contributed by atoms with E-state index >= 15 is 0 Å². The van der Waals surface area contributed by atoms with E-state index in [1.807, 2.05) is 24.3 Å². The summed E-state index contributed by atoms with van der Waals surface area (Å²) in [5, 5.41) is 2.37. The van der Waals surface area contributed by atoms with Gasteiger partial charge >= 0.3 is 5.97 Å². The van der Waals surface area contributed by atoms with Crippen molar-refractivity contribution in [2.45, 2.75) is 13.5 Å². The lowest BCUT2D eigenvalue weighted by Crippen LogP contribution is -2.12. The van der Waals surface area contributed by atoms with Gasteiger partial charge in [-0.25, -0.2) is 4.79 Å². The van der Waals surface area contributed by atoms with E-state index in [4.69, 9.17) is 4.74 Å². The molecule has 106 valence electrons. The number of hydrogen-bond acceptors (Lipinski definition) is 2. The summed E-state index contributed by atoms with van der Waals surface area (Å²) in [5.74, 6) is -0.334. The average molecular weight is 279 g/mol. The molecule has 0 fully saturated rings. The minimum Gasteiger partial charge on any atom is -0.463 e. The van der Waals surface area contributed by atoms with Crippen LogP contribution in [0.5, 0.6) is 0 Å². The second kappa shape index (κ2) is 5.44. The molecule has 2 aromatic carbocycles. The highest BCUT2D eigenvalue weighted by Crippen LogP contribution is 2.29. The molecular formula is C18H17NO2. The molecule has 0 unspecified atom stereocenters. The summed E-state index contributed by atoms with van der Waals surface area (Å²) in [4.78, 5) is 11.8. The third-order valence-corrected chi connectivity index (χ3v) is 3.59. The number of carbonyl (C=O) groups excluding carboxylic acids is 1. The standard InChI is InChI=1S/C18H17NO2/c1-3-21-18(20)13(2)12-19-16-10-6-4-8-14(16)15-9-5-7-11-17(15)19/h4-11H,2-3,12H2,1H3. The number of fused-ring (bicyclic) bond motifs is 3. The van der Waals surface area contributed by atoms with Gasteiger partial charge < -0.3 is 9.30 Å². The lowest BCUT2D eigenvalue weighted by Gasteiger charge is -2.09. The molecule has 21 heavy (non-hydrogen) atoms. The predicted octanol–water partition coefficient (Wildman–Crippen LogP) is 3.91. The molecular weight excluding hydrogens is 262 g/mol. The van der Waals surface area contributed by atoms with Crippen LogP contribution in [-0.4, -0.2) is 17.1 Å². The third kappa shape index (κ3) is 2.31. The quantitative estimate of drug-likeness (QED) is 0.535. The van der Waals surface area contributed by atoms with E-state index in [2.05, 4.69) is 35.4 Å². The van der Waals surface area contributed by atoms with Crippen LogP contribution < -0.4 is 0 Å². The Bertz CT molecular complexity index is 776. The molecule has 0 aliphatic carbocycles. The van der Waals surface area contributed by atoms with Crippen molar-refractivity contribution in [1.29, 1.82) is 0 Å². The molecule has 0 aliphatic rings. The van der Waals surface area contributed by atoms with Crippen LogP contribution in [0.1, 0.15) is 6.92 Å². The third-order valence-electron chi connectivity index (χ3n) is 3.59. The van der Waals surface area contributed by atoms with E-state index in [-0.39, 0.29) is 5.97 Å². The van der Waals surface area contributed by atoms with Crippen LogP contribution in [0.15, 0.2) is 60.7 Å². The van der Waals surface area contributed by atoms with Gasteiger partial charge in [-0.2, -0.15) is 0 Å². The Morgan fingerprint density at radius 3 is 2.10 bits per heavy atom. The number of nitrogens with zero attached hydrogens (tertiary/aromatic N) is 1. The van der Waals surface area contributed by atoms with Gasteiger partial charge in [0.05, 0.1) is 13.2 Å². The van der Waals surface area contributed by atoms with Gasteiger partial charge in [0.2, 0.25) is 0 Å². The van der Waals surface area contributed by atoms with Crippen molar-refractivity contribution in [3.63, 3.8) is 0 Å². The molecule has 0 saturated carbocycles. The van der Waals surface area contributed by atoms with Crippen LogP contribution in [0.4, 0.5) is 0 Å². The SMILES string of the molecule is C=C(Cn1c2ccccc2c2ccccc21)C(=O)OCC. The van der Waals surface area contributed by atoms with Crippen molar-refractivity contribution in [2.24, 2.45) is 0 Å². The molecule has 0 aliphatic heterocycles. The molecule has 0 atom stereocenters. The average Bonchev–Trinajstić information content (AvgIpc) is 2.82. The number of esters is 1. The predicted molar refractivity (Wildman–Crippen MR) is 85.2 cm³/mol. The maximum atomic E-state index is 11.8. The molecule has 0 amide bonds. The normalized spacial score (nSPS) is 10.9. The van der Waals surface area contributed by atoms with Crippen molar-refractivity contribution < 1.29 is 9.53 Å². The highest BCUT2D eigenvalue weighted by Gasteiger charge is 2.14. The summed E-state index contributed by atoms with van der Waals surface area (Å²) in [6, 6.07) is 16.4. The van der Waals surface area contributed by atoms with Crippen LogP contribution in [0, 0.1) is 0 Å². The van der Waals surface area contributed by atoms with E-state index in [0.29, 0.717) is 18.7 Å². The summed E-state index contributed by atoms with van der Waals surface area (Å²) in [6.07, 6.45) is 0. The molecule has 3 heteroatoms. The van der Waals surface area contributed by atoms with Gasteiger partial charge in [0.1, 0.15) is 0 Å². The lowest BCUT2D eigenvalue weighted by atomic mass is 10.2. The van der Waals surface area contributed by atoms with Gasteiger partial charge in [0.25, 0.3) is 0 Å². The maximum absolute atomic E-state index is 11.8. The fourth-order valence-corrected chi connectivity index (χ4v) is 2.66. The van der Waals surface area contributed by atoms with Crippen LogP contribution >= 0.6 is 0 Å². The number of para-hydroxylation sites is 2. The fraction of sp³-hybridized carbons (Fsp3) is 0.167. The summed E-state index contributed by atoms with van der Waals surface area (Å²) >= 11 is 0. The Morgan fingerprint density at radius 2 is 1.57 bits per heavy atom. The molecule has 0 N–H and O–H groups in total. The topological polar surface area (TPSA) is 31.2 Å². The molecule has 3 nitrogen and oxygen atoms in total. The highest BCUT2D eigenvalue weighted by molar-refractivity contribution is 6.08. The number of aromatic nitrogens is 1. The second-order valence-electron chi connectivity index (χ2n) is 4.94. The minimum absolute atomic E-state index is 0.334. The van der Waals surface area contributed by atoms with Crippen LogP contribution in [0.25, 0.3) is 21.8 Å². The van der Waals surface area contributed by atoms with E-state index in [1.165, 1.54) is 10.8 Å². The van der Waals surface area contributed by atoms with Gasteiger partial charge in [-0.15, -0.1) is 0 Å². The number of hydrogen-bond donors (Lipinski definition) is 0. The molecule has 1 heterocycles. The number of rotatable bonds is 4. The van der Waals surface area contributed by atoms with E-state index in [0.717, 1.165) is 11.0 Å². The van der Waals surface area contributed by atoms with Gasteiger partial charge in [-0.1, -0.05) is 43.0 Å². The van der Waals surface area contributed by atoms with Crippen molar-refractivity contribution in [1.82, 2.24) is 4.57 Å². The first-order chi connectivity index (χ1) is 10.2. The Hall–Kier alpha value is -2.55. The minimum atomic E-state index is -0.334. The van der Waals surface area contributed by atoms with Gasteiger partial charge in [-0.05, 0) is 19.1 Å². The molecule has 0 spiro atoms. The van der Waals surface area contributed by atoms with E-state index in [1.54, 1.807) is 6.92 Å². The monoisotopic (exact) mass is 279 g/mol. The van der Waals surface area contributed by atoms with Crippen molar-refractivity contribution in [2.75, 3.05) is 6.61 Å². The number of ether oxygens (including phenoxy) is 1. The van der Waals surface area contributed by atoms with Crippen LogP contribution in [0.3, 0.4) is 0 Å². The van der Waals surface area contributed by atoms with Gasteiger partial charge in [0.15, 0.2) is 0 Å². The summed E-state index contributed by atoms with van der Waals surface area (Å²) in [6.45, 7) is 6.47. The Morgan fingerprint density at radius 1 is 1.05 bits per heavy atom. The van der Waals surface area contributed by atoms with Crippen molar-refractivity contribution in [3.05, 3.63) is 60.7 Å². The van der Waals surface area contributed by atoms with Crippen LogP contribution in [-0.2, 0) is 16.1 Å².